The summed E-state index contributed by atoms with van der Waals surface area (Å²) in [5, 5.41) is 8.29. The normalized spacial score (nSPS) is 18.1. The smallest absolute Gasteiger partial charge is 0.407 e. The molecule has 0 radical (unpaired) electrons. The number of anilines is 1. The minimum Gasteiger partial charge on any atom is -0.495 e. The molecule has 0 saturated carbocycles. The van der Waals surface area contributed by atoms with Gasteiger partial charge in [-0.15, -0.1) is 0 Å². The van der Waals surface area contributed by atoms with Crippen LogP contribution in [0.4, 0.5) is 28.0 Å². The summed E-state index contributed by atoms with van der Waals surface area (Å²) < 4.78 is 97.2. The summed E-state index contributed by atoms with van der Waals surface area (Å²) in [6, 6.07) is 12.4. The van der Waals surface area contributed by atoms with Gasteiger partial charge in [-0.2, -0.15) is 4.31 Å². The predicted molar refractivity (Wildman–Crippen MR) is 193 cm³/mol. The van der Waals surface area contributed by atoms with Crippen LogP contribution in [0.1, 0.15) is 37.3 Å². The van der Waals surface area contributed by atoms with Crippen molar-refractivity contribution < 1.29 is 45.0 Å². The number of carbonyl (C=O) groups is 2. The zero-order valence-electron chi connectivity index (χ0n) is 29.7. The Morgan fingerprint density at radius 1 is 1.02 bits per heavy atom. The van der Waals surface area contributed by atoms with E-state index >= 15 is 4.39 Å². The van der Waals surface area contributed by atoms with Crippen LogP contribution in [0, 0.1) is 11.6 Å². The van der Waals surface area contributed by atoms with E-state index in [1.165, 1.54) is 47.8 Å². The molecule has 0 bridgehead atoms. The number of ether oxygens (including phenoxy) is 2. The van der Waals surface area contributed by atoms with Gasteiger partial charge in [-0.1, -0.05) is 36.9 Å². The van der Waals surface area contributed by atoms with Gasteiger partial charge in [0.25, 0.3) is 0 Å². The predicted octanol–water partition coefficient (Wildman–Crippen LogP) is 6.69. The van der Waals surface area contributed by atoms with Gasteiger partial charge >= 0.3 is 6.09 Å². The van der Waals surface area contributed by atoms with Crippen LogP contribution in [0.3, 0.4) is 0 Å². The number of sulfonamides is 1. The summed E-state index contributed by atoms with van der Waals surface area (Å²) in [5.41, 5.74) is 0.201. The molecule has 284 valence electrons. The summed E-state index contributed by atoms with van der Waals surface area (Å²) in [6.45, 7) is 7.30. The molecule has 1 aliphatic heterocycles. The average Bonchev–Trinajstić information content (AvgIpc) is 3.11. The molecule has 3 aromatic carbocycles. The van der Waals surface area contributed by atoms with Crippen molar-refractivity contribution in [2.75, 3.05) is 32.6 Å². The van der Waals surface area contributed by atoms with Gasteiger partial charge in [0.2, 0.25) is 15.9 Å². The Hall–Kier alpha value is -4.99. The highest BCUT2D eigenvalue weighted by Crippen LogP contribution is 2.34. The Morgan fingerprint density at radius 3 is 2.38 bits per heavy atom. The third-order valence-electron chi connectivity index (χ3n) is 8.71. The van der Waals surface area contributed by atoms with Crippen molar-refractivity contribution in [2.24, 2.45) is 0 Å². The zero-order chi connectivity index (χ0) is 38.9. The molecule has 1 aliphatic rings. The maximum absolute atomic E-state index is 15.6. The van der Waals surface area contributed by atoms with Crippen molar-refractivity contribution in [3.8, 4) is 5.75 Å². The second kappa shape index (κ2) is 18.2. The van der Waals surface area contributed by atoms with E-state index in [0.29, 0.717) is 12.6 Å². The van der Waals surface area contributed by atoms with Crippen LogP contribution in [-0.4, -0.2) is 70.2 Å². The Morgan fingerprint density at radius 2 is 1.72 bits per heavy atom. The number of nitrogens with one attached hydrogen (secondary N) is 3. The molecule has 1 saturated heterocycles. The van der Waals surface area contributed by atoms with Crippen LogP contribution < -0.4 is 20.7 Å². The van der Waals surface area contributed by atoms with Crippen molar-refractivity contribution in [1.29, 1.82) is 0 Å². The number of halogens is 4. The number of nitrogens with zero attached hydrogens (tertiary/aromatic N) is 1. The van der Waals surface area contributed by atoms with Crippen LogP contribution in [0.2, 0.25) is 0 Å². The summed E-state index contributed by atoms with van der Waals surface area (Å²) in [7, 11) is -1.63. The minimum absolute atomic E-state index is 0.00730. The number of amides is 2. The van der Waals surface area contributed by atoms with Crippen molar-refractivity contribution in [3.63, 3.8) is 0 Å². The molecule has 0 aromatic heterocycles. The quantitative estimate of drug-likeness (QED) is 0.124. The standard InChI is InChI=1S/C38H42F4N4O6S/c1-23(19-28(41)20-24(2)39)35(26-13-15-27(40)16-14-26)36(45-38(48)52-5)37(47)44-32-10-8-9-31(42)30(32)18-17-29-22-43-21-25(3)46(29)53(49,50)34-12-7-6-11-33(34)51-4/h6-16,19-20,25,29,35-36,43H,1,17-18,21-22H2,2-5H3,(H,44,47)(H,45,48)/b24-20+,28-19+/t25-,29-,35+,36-/m0/s1. The van der Waals surface area contributed by atoms with E-state index in [0.717, 1.165) is 32.2 Å². The van der Waals surface area contributed by atoms with Crippen molar-refractivity contribution in [3.05, 3.63) is 125 Å². The molecule has 53 heavy (non-hydrogen) atoms. The van der Waals surface area contributed by atoms with Gasteiger partial charge in [0, 0.05) is 48.4 Å². The number of para-hydroxylation sites is 1. The fourth-order valence-electron chi connectivity index (χ4n) is 6.33. The van der Waals surface area contributed by atoms with Gasteiger partial charge in [-0.25, -0.2) is 30.8 Å². The summed E-state index contributed by atoms with van der Waals surface area (Å²) in [4.78, 5) is 26.7. The van der Waals surface area contributed by atoms with E-state index in [4.69, 9.17) is 9.47 Å². The zero-order valence-corrected chi connectivity index (χ0v) is 30.5. The topological polar surface area (TPSA) is 126 Å². The van der Waals surface area contributed by atoms with Crippen molar-refractivity contribution in [2.45, 2.75) is 55.6 Å². The van der Waals surface area contributed by atoms with Gasteiger partial charge in [0.05, 0.1) is 20.0 Å². The maximum atomic E-state index is 15.6. The third kappa shape index (κ3) is 10.1. The molecule has 4 rings (SSSR count). The summed E-state index contributed by atoms with van der Waals surface area (Å²) in [5.74, 6) is -5.16. The number of rotatable bonds is 14. The molecule has 3 aromatic rings. The number of allylic oxidation sites excluding steroid dienone is 4. The van der Waals surface area contributed by atoms with E-state index in [1.807, 2.05) is 0 Å². The first-order chi connectivity index (χ1) is 25.2. The highest BCUT2D eigenvalue weighted by atomic mass is 32.2. The second-order valence-corrected chi connectivity index (χ2v) is 14.2. The Balaban J connectivity index is 1.69. The molecule has 1 fully saturated rings. The molecule has 0 unspecified atom stereocenters. The summed E-state index contributed by atoms with van der Waals surface area (Å²) in [6.07, 6.45) is 0.531. The fourth-order valence-corrected chi connectivity index (χ4v) is 8.34. The van der Waals surface area contributed by atoms with Crippen molar-refractivity contribution >= 4 is 27.7 Å². The number of methoxy groups -OCH3 is 2. The molecule has 3 N–H and O–H groups in total. The molecule has 4 atom stereocenters. The Labute approximate surface area is 306 Å². The highest BCUT2D eigenvalue weighted by Gasteiger charge is 2.39. The number of carbonyl (C=O) groups excluding carboxylic acids is 2. The highest BCUT2D eigenvalue weighted by molar-refractivity contribution is 7.89. The molecule has 15 heteroatoms. The van der Waals surface area contributed by atoms with Gasteiger partial charge in [-0.05, 0) is 80.3 Å². The molecule has 2 amide bonds. The largest absolute Gasteiger partial charge is 0.495 e. The van der Waals surface area contributed by atoms with Gasteiger partial charge in [0.15, 0.2) is 0 Å². The number of hydrogen-bond donors (Lipinski definition) is 3. The molecule has 1 heterocycles. The Kier molecular flexibility index (Phi) is 14.0. The molecular weight excluding hydrogens is 716 g/mol. The van der Waals surface area contributed by atoms with Gasteiger partial charge in [-0.3, -0.25) is 4.79 Å². The van der Waals surface area contributed by atoms with Crippen LogP contribution >= 0.6 is 0 Å². The van der Waals surface area contributed by atoms with E-state index < -0.39 is 69.4 Å². The monoisotopic (exact) mass is 758 g/mol. The lowest BCUT2D eigenvalue weighted by atomic mass is 9.84. The third-order valence-corrected chi connectivity index (χ3v) is 10.8. The average molecular weight is 759 g/mol. The molecule has 10 nitrogen and oxygen atoms in total. The molecular formula is C38H42F4N4O6S. The van der Waals surface area contributed by atoms with Crippen LogP contribution in [0.25, 0.3) is 0 Å². The van der Waals surface area contributed by atoms with E-state index in [2.05, 4.69) is 22.5 Å². The molecule has 0 spiro atoms. The second-order valence-electron chi connectivity index (χ2n) is 12.4. The van der Waals surface area contributed by atoms with E-state index in [9.17, 15) is 31.2 Å². The first-order valence-electron chi connectivity index (χ1n) is 16.6. The first-order valence-corrected chi connectivity index (χ1v) is 18.1. The maximum Gasteiger partial charge on any atom is 0.407 e. The van der Waals surface area contributed by atoms with Crippen molar-refractivity contribution in [1.82, 2.24) is 14.9 Å². The lowest BCUT2D eigenvalue weighted by Gasteiger charge is -2.40. The lowest BCUT2D eigenvalue weighted by Crippen LogP contribution is -2.58. The Bertz CT molecular complexity index is 1970. The van der Waals surface area contributed by atoms with Crippen LogP contribution in [-0.2, 0) is 26.0 Å². The first kappa shape index (κ1) is 40.8. The van der Waals surface area contributed by atoms with Crippen LogP contribution in [0.5, 0.6) is 5.75 Å². The van der Waals surface area contributed by atoms with Crippen LogP contribution in [0.15, 0.2) is 108 Å². The lowest BCUT2D eigenvalue weighted by molar-refractivity contribution is -0.118. The number of piperazine rings is 1. The SMILES string of the molecule is C=C(/C=C(F)\C=C(/C)F)[C@H](c1ccc(F)cc1)[C@H](NC(=O)OC)C(=O)Nc1cccc(F)c1CC[C@H]1CNC[C@H](C)N1S(=O)(=O)c1ccccc1OC. The van der Waals surface area contributed by atoms with E-state index in [1.54, 1.807) is 25.1 Å². The minimum atomic E-state index is -4.07. The number of hydrogen-bond acceptors (Lipinski definition) is 7. The van der Waals surface area contributed by atoms with E-state index in [-0.39, 0.29) is 52.4 Å². The molecule has 0 aliphatic carbocycles. The summed E-state index contributed by atoms with van der Waals surface area (Å²) >= 11 is 0. The van der Waals surface area contributed by atoms with Gasteiger partial charge in [0.1, 0.15) is 34.1 Å². The van der Waals surface area contributed by atoms with Gasteiger partial charge < -0.3 is 25.4 Å². The number of alkyl carbamates (subject to hydrolysis) is 1. The number of benzene rings is 3. The fraction of sp³-hybridized carbons (Fsp3) is 0.316.